The second-order valence-electron chi connectivity index (χ2n) is 4.90. The number of amides is 1. The Morgan fingerprint density at radius 1 is 1.21 bits per heavy atom. The molecule has 3 rings (SSSR count). The molecule has 0 atom stereocenters. The highest BCUT2D eigenvalue weighted by molar-refractivity contribution is 5.82. The first-order chi connectivity index (χ1) is 11.7. The average molecular weight is 322 g/mol. The van der Waals surface area contributed by atoms with Crippen LogP contribution >= 0.6 is 0 Å². The van der Waals surface area contributed by atoms with Gasteiger partial charge in [0.1, 0.15) is 12.3 Å². The van der Waals surface area contributed by atoms with Crippen LogP contribution in [0.25, 0.3) is 11.4 Å². The number of carbonyl (C=O) groups is 1. The Balaban J connectivity index is 1.57. The van der Waals surface area contributed by atoms with E-state index in [1.54, 1.807) is 18.2 Å². The van der Waals surface area contributed by atoms with Gasteiger partial charge in [-0.15, -0.1) is 10.2 Å². The van der Waals surface area contributed by atoms with Gasteiger partial charge >= 0.3 is 0 Å². The van der Waals surface area contributed by atoms with Crippen LogP contribution in [0.15, 0.2) is 59.7 Å². The average Bonchev–Trinajstić information content (AvgIpc) is 3.04. The molecule has 1 amide bonds. The van der Waals surface area contributed by atoms with E-state index < -0.39 is 0 Å². The topological polar surface area (TPSA) is 105 Å². The van der Waals surface area contributed by atoms with Crippen LogP contribution in [0.1, 0.15) is 5.56 Å². The molecule has 1 heterocycles. The molecule has 1 aromatic heterocycles. The molecule has 0 fully saturated rings. The molecule has 0 bridgehead atoms. The second kappa shape index (κ2) is 7.14. The number of nitrogens with one attached hydrogen (secondary N) is 1. The lowest BCUT2D eigenvalue weighted by Gasteiger charge is -1.98. The summed E-state index contributed by atoms with van der Waals surface area (Å²) in [6, 6.07) is 15.9. The normalized spacial score (nSPS) is 10.8. The van der Waals surface area contributed by atoms with Crippen LogP contribution in [-0.2, 0) is 11.3 Å². The summed E-state index contributed by atoms with van der Waals surface area (Å²) in [5.74, 6) is 0.195. The number of aromatic hydroxyl groups is 1. The number of phenols is 1. The molecule has 0 aliphatic heterocycles. The minimum Gasteiger partial charge on any atom is -0.508 e. The second-order valence-corrected chi connectivity index (χ2v) is 4.90. The molecule has 24 heavy (non-hydrogen) atoms. The molecule has 0 saturated carbocycles. The van der Waals surface area contributed by atoms with Crippen LogP contribution in [0.4, 0.5) is 0 Å². The zero-order valence-electron chi connectivity index (χ0n) is 12.6. The van der Waals surface area contributed by atoms with Crippen molar-refractivity contribution in [2.24, 2.45) is 5.10 Å². The third-order valence-electron chi connectivity index (χ3n) is 3.04. The van der Waals surface area contributed by atoms with Crippen LogP contribution in [0.3, 0.4) is 0 Å². The van der Waals surface area contributed by atoms with E-state index in [-0.39, 0.29) is 18.2 Å². The maximum absolute atomic E-state index is 11.8. The van der Waals surface area contributed by atoms with Crippen molar-refractivity contribution in [3.05, 3.63) is 60.2 Å². The molecule has 0 saturated heterocycles. The fourth-order valence-corrected chi connectivity index (χ4v) is 1.96. The van der Waals surface area contributed by atoms with E-state index in [0.29, 0.717) is 11.4 Å². The first-order valence-electron chi connectivity index (χ1n) is 7.15. The third kappa shape index (κ3) is 4.01. The summed E-state index contributed by atoms with van der Waals surface area (Å²) in [5, 5.41) is 25.1. The quantitative estimate of drug-likeness (QED) is 0.542. The lowest BCUT2D eigenvalue weighted by Crippen LogP contribution is -2.24. The van der Waals surface area contributed by atoms with Crippen LogP contribution in [0.2, 0.25) is 0 Å². The van der Waals surface area contributed by atoms with E-state index in [9.17, 15) is 9.90 Å². The van der Waals surface area contributed by atoms with Gasteiger partial charge in [-0.1, -0.05) is 42.5 Å². The van der Waals surface area contributed by atoms with Crippen molar-refractivity contribution < 1.29 is 9.90 Å². The Kier molecular flexibility index (Phi) is 4.57. The Labute approximate surface area is 137 Å². The van der Waals surface area contributed by atoms with E-state index in [0.717, 1.165) is 5.56 Å². The smallest absolute Gasteiger partial charge is 0.263 e. The molecule has 120 valence electrons. The number of carbonyl (C=O) groups excluding carboxylic acids is 1. The summed E-state index contributed by atoms with van der Waals surface area (Å²) in [4.78, 5) is 13.0. The van der Waals surface area contributed by atoms with Crippen LogP contribution in [0.5, 0.6) is 5.75 Å². The van der Waals surface area contributed by atoms with Crippen LogP contribution < -0.4 is 5.43 Å². The molecule has 0 aliphatic carbocycles. The Morgan fingerprint density at radius 3 is 2.83 bits per heavy atom. The van der Waals surface area contributed by atoms with Crippen LogP contribution in [0, 0.1) is 0 Å². The highest BCUT2D eigenvalue weighted by Crippen LogP contribution is 2.11. The minimum absolute atomic E-state index is 0.1000. The van der Waals surface area contributed by atoms with Crippen LogP contribution in [-0.4, -0.2) is 37.4 Å². The van der Waals surface area contributed by atoms with E-state index in [1.165, 1.54) is 17.1 Å². The number of rotatable bonds is 5. The highest BCUT2D eigenvalue weighted by atomic mass is 16.3. The molecule has 2 N–H and O–H groups in total. The minimum atomic E-state index is -0.386. The monoisotopic (exact) mass is 322 g/mol. The van der Waals surface area contributed by atoms with Gasteiger partial charge in [0, 0.05) is 5.56 Å². The summed E-state index contributed by atoms with van der Waals surface area (Å²) in [6.45, 7) is -0.1000. The van der Waals surface area contributed by atoms with Gasteiger partial charge < -0.3 is 5.11 Å². The summed E-state index contributed by atoms with van der Waals surface area (Å²) >= 11 is 0. The molecule has 2 aromatic carbocycles. The van der Waals surface area contributed by atoms with Gasteiger partial charge in [-0.25, -0.2) is 5.43 Å². The molecule has 0 spiro atoms. The predicted molar refractivity (Wildman–Crippen MR) is 87.1 cm³/mol. The standard InChI is InChI=1S/C16H14N6O2/c23-14-8-4-5-12(9-14)10-17-18-15(24)11-22-20-16(19-21-22)13-6-2-1-3-7-13/h1-10,23H,11H2,(H,18,24)/b17-10+. The van der Waals surface area contributed by atoms with Crippen molar-refractivity contribution in [1.82, 2.24) is 25.6 Å². The van der Waals surface area contributed by atoms with Gasteiger partial charge in [0.15, 0.2) is 0 Å². The number of hydrogen-bond donors (Lipinski definition) is 2. The number of phenolic OH excluding ortho intramolecular Hbond substituents is 1. The fraction of sp³-hybridized carbons (Fsp3) is 0.0625. The van der Waals surface area contributed by atoms with Crippen molar-refractivity contribution in [2.75, 3.05) is 0 Å². The van der Waals surface area contributed by atoms with E-state index in [2.05, 4.69) is 25.9 Å². The molecular formula is C16H14N6O2. The van der Waals surface area contributed by atoms with Crippen molar-refractivity contribution in [1.29, 1.82) is 0 Å². The fourth-order valence-electron chi connectivity index (χ4n) is 1.96. The van der Waals surface area contributed by atoms with Gasteiger partial charge in [-0.2, -0.15) is 9.90 Å². The molecule has 0 unspecified atom stereocenters. The largest absolute Gasteiger partial charge is 0.508 e. The Bertz CT molecular complexity index is 860. The predicted octanol–water partition coefficient (Wildman–Crippen LogP) is 1.20. The molecule has 3 aromatic rings. The SMILES string of the molecule is O=C(Cn1nnc(-c2ccccc2)n1)N/N=C/c1cccc(O)c1. The molecular weight excluding hydrogens is 308 g/mol. The summed E-state index contributed by atoms with van der Waals surface area (Å²) < 4.78 is 0. The molecule has 0 aliphatic rings. The number of tetrazole rings is 1. The molecule has 8 heteroatoms. The number of aromatic nitrogens is 4. The molecule has 8 nitrogen and oxygen atoms in total. The number of hydrazone groups is 1. The number of nitrogens with zero attached hydrogens (tertiary/aromatic N) is 5. The summed E-state index contributed by atoms with van der Waals surface area (Å²) in [7, 11) is 0. The van der Waals surface area contributed by atoms with Crippen molar-refractivity contribution >= 4 is 12.1 Å². The van der Waals surface area contributed by atoms with Gasteiger partial charge in [0.05, 0.1) is 6.21 Å². The summed E-state index contributed by atoms with van der Waals surface area (Å²) in [6.07, 6.45) is 1.43. The number of hydrogen-bond acceptors (Lipinski definition) is 6. The Hall–Kier alpha value is -3.55. The zero-order chi connectivity index (χ0) is 16.8. The lowest BCUT2D eigenvalue weighted by molar-refractivity contribution is -0.122. The first-order valence-corrected chi connectivity index (χ1v) is 7.15. The van der Waals surface area contributed by atoms with Gasteiger partial charge in [0.2, 0.25) is 5.82 Å². The first kappa shape index (κ1) is 15.3. The van der Waals surface area contributed by atoms with Crippen molar-refractivity contribution in [2.45, 2.75) is 6.54 Å². The van der Waals surface area contributed by atoms with Gasteiger partial charge in [0.25, 0.3) is 5.91 Å². The van der Waals surface area contributed by atoms with Crippen molar-refractivity contribution in [3.8, 4) is 17.1 Å². The Morgan fingerprint density at radius 2 is 2.04 bits per heavy atom. The van der Waals surface area contributed by atoms with E-state index in [1.807, 2.05) is 30.3 Å². The maximum Gasteiger partial charge on any atom is 0.263 e. The molecule has 0 radical (unpaired) electrons. The van der Waals surface area contributed by atoms with Crippen molar-refractivity contribution in [3.63, 3.8) is 0 Å². The van der Waals surface area contributed by atoms with E-state index >= 15 is 0 Å². The van der Waals surface area contributed by atoms with Gasteiger partial charge in [-0.3, -0.25) is 4.79 Å². The van der Waals surface area contributed by atoms with Gasteiger partial charge in [-0.05, 0) is 22.9 Å². The van der Waals surface area contributed by atoms with E-state index in [4.69, 9.17) is 0 Å². The maximum atomic E-state index is 11.8. The third-order valence-corrected chi connectivity index (χ3v) is 3.04. The summed E-state index contributed by atoms with van der Waals surface area (Å²) in [5.41, 5.74) is 3.86. The zero-order valence-corrected chi connectivity index (χ0v) is 12.6. The lowest BCUT2D eigenvalue weighted by atomic mass is 10.2. The number of benzene rings is 2. The highest BCUT2D eigenvalue weighted by Gasteiger charge is 2.08.